The van der Waals surface area contributed by atoms with Crippen LogP contribution in [-0.2, 0) is 19.0 Å². The van der Waals surface area contributed by atoms with E-state index in [-0.39, 0.29) is 82.8 Å². The van der Waals surface area contributed by atoms with E-state index < -0.39 is 23.8 Å². The smallest absolute Gasteiger partial charge is 0.410 e. The molecule has 6 unspecified atom stereocenters. The number of hydrogen-bond acceptors (Lipinski definition) is 12. The van der Waals surface area contributed by atoms with Crippen LogP contribution in [0.5, 0.6) is 17.2 Å². The molecule has 0 bridgehead atoms. The Labute approximate surface area is 333 Å². The lowest BCUT2D eigenvalue weighted by Gasteiger charge is -2.59. The van der Waals surface area contributed by atoms with Crippen LogP contribution in [0.4, 0.5) is 4.79 Å². The SMILES string of the molecule is C=CCOC12Oc3ccc(Oc4cccc(C=O)c4)cc3C3C(CCCCO)C(CCCCO)C=C(C(=NOC)CC1N(CCOCCO)C(=O)OCCCl)C32. The maximum atomic E-state index is 14.1. The molecule has 1 saturated carbocycles. The van der Waals surface area contributed by atoms with Gasteiger partial charge in [0.05, 0.1) is 43.9 Å². The average molecular weight is 799 g/mol. The highest BCUT2D eigenvalue weighted by atomic mass is 35.5. The van der Waals surface area contributed by atoms with E-state index >= 15 is 0 Å². The molecule has 2 aromatic carbocycles. The van der Waals surface area contributed by atoms with Gasteiger partial charge in [-0.05, 0) is 73.4 Å². The van der Waals surface area contributed by atoms with Crippen molar-refractivity contribution in [2.24, 2.45) is 22.9 Å². The second kappa shape index (κ2) is 21.5. The van der Waals surface area contributed by atoms with Crippen LogP contribution in [0, 0.1) is 17.8 Å². The number of nitrogens with zero attached hydrogens (tertiary/aromatic N) is 2. The van der Waals surface area contributed by atoms with Gasteiger partial charge in [0.25, 0.3) is 0 Å². The van der Waals surface area contributed by atoms with E-state index in [1.807, 2.05) is 12.1 Å². The predicted octanol–water partition coefficient (Wildman–Crippen LogP) is 6.24. The molecule has 56 heavy (non-hydrogen) atoms. The number of allylic oxidation sites excluding steroid dienone is 1. The molecular weight excluding hydrogens is 744 g/mol. The van der Waals surface area contributed by atoms with E-state index in [1.165, 1.54) is 7.11 Å². The monoisotopic (exact) mass is 798 g/mol. The summed E-state index contributed by atoms with van der Waals surface area (Å²) in [6.45, 7) is 4.24. The molecule has 5 rings (SSSR count). The minimum Gasteiger partial charge on any atom is -0.459 e. The highest BCUT2D eigenvalue weighted by molar-refractivity contribution is 6.18. The van der Waals surface area contributed by atoms with Crippen molar-refractivity contribution >= 4 is 29.7 Å². The van der Waals surface area contributed by atoms with E-state index in [0.717, 1.165) is 43.1 Å². The third-order valence-corrected chi connectivity index (χ3v) is 10.9. The van der Waals surface area contributed by atoms with Crippen molar-refractivity contribution in [2.45, 2.75) is 62.7 Å². The first-order valence-corrected chi connectivity index (χ1v) is 20.0. The number of rotatable bonds is 23. The van der Waals surface area contributed by atoms with Crippen LogP contribution >= 0.6 is 11.6 Å². The number of aliphatic hydroxyl groups is 3. The van der Waals surface area contributed by atoms with E-state index in [4.69, 9.17) is 40.1 Å². The van der Waals surface area contributed by atoms with Gasteiger partial charge in [0, 0.05) is 43.2 Å². The van der Waals surface area contributed by atoms with Crippen LogP contribution in [0.2, 0.25) is 0 Å². The summed E-state index contributed by atoms with van der Waals surface area (Å²) in [6.07, 6.45) is 8.60. The number of carbonyl (C=O) groups is 2. The molecule has 0 aromatic heterocycles. The molecule has 1 fully saturated rings. The Balaban J connectivity index is 1.75. The van der Waals surface area contributed by atoms with Gasteiger partial charge in [-0.1, -0.05) is 42.3 Å². The van der Waals surface area contributed by atoms with Crippen molar-refractivity contribution in [3.05, 3.63) is 77.9 Å². The molecule has 0 radical (unpaired) electrons. The number of fused-ring (bicyclic) bond motifs is 2. The lowest BCUT2D eigenvalue weighted by Crippen LogP contribution is -2.70. The van der Waals surface area contributed by atoms with Crippen molar-refractivity contribution in [3.63, 3.8) is 0 Å². The molecule has 3 N–H and O–H groups in total. The Bertz CT molecular complexity index is 1670. The van der Waals surface area contributed by atoms with E-state index in [2.05, 4.69) is 17.8 Å². The molecule has 0 spiro atoms. The maximum Gasteiger partial charge on any atom is 0.410 e. The number of aldehydes is 1. The molecule has 306 valence electrons. The zero-order valence-corrected chi connectivity index (χ0v) is 32.8. The summed E-state index contributed by atoms with van der Waals surface area (Å²) in [5.74, 6) is -0.563. The Morgan fingerprint density at radius 3 is 2.54 bits per heavy atom. The molecular formula is C42H55ClN2O11. The van der Waals surface area contributed by atoms with Gasteiger partial charge in [0.1, 0.15) is 43.3 Å². The third kappa shape index (κ3) is 9.93. The molecule has 2 aromatic rings. The van der Waals surface area contributed by atoms with Crippen LogP contribution in [-0.4, -0.2) is 116 Å². The van der Waals surface area contributed by atoms with Crippen molar-refractivity contribution in [2.75, 3.05) is 65.8 Å². The maximum absolute atomic E-state index is 14.1. The fraction of sp³-hybridized carbons (Fsp3) is 0.548. The lowest BCUT2D eigenvalue weighted by molar-refractivity contribution is -0.256. The number of hydrogen-bond donors (Lipinski definition) is 3. The predicted molar refractivity (Wildman–Crippen MR) is 211 cm³/mol. The average Bonchev–Trinajstić information content (AvgIpc) is 3.21. The van der Waals surface area contributed by atoms with Gasteiger partial charge in [0.15, 0.2) is 0 Å². The molecule has 6 atom stereocenters. The number of amides is 1. The Morgan fingerprint density at radius 1 is 1.04 bits per heavy atom. The van der Waals surface area contributed by atoms with Gasteiger partial charge in [0.2, 0.25) is 5.79 Å². The standard InChI is InChI=1S/C42H55ClN2O11/c1-3-20-54-42-38(45(16-22-52-23-19-48)41(50)53-21-15-43)27-36(44-51-2)34-25-30(10-4-6-17-46)33(12-5-7-18-47)39(40(34)42)35-26-32(13-14-37(35)56-42)55-31-11-8-9-29(24-31)28-49/h3,8-9,11,13-14,24-26,28,30,33,38-40,46-48H,1,4-7,10,12,15-23,27H2,2H3. The van der Waals surface area contributed by atoms with Crippen LogP contribution in [0.25, 0.3) is 0 Å². The summed E-state index contributed by atoms with van der Waals surface area (Å²) in [5.41, 5.74) is 2.87. The van der Waals surface area contributed by atoms with Gasteiger partial charge in [-0.25, -0.2) is 4.79 Å². The Hall–Kier alpha value is -3.98. The molecule has 0 saturated heterocycles. The number of unbranched alkanes of at least 4 members (excludes halogenated alkanes) is 2. The number of halogens is 1. The van der Waals surface area contributed by atoms with Crippen molar-refractivity contribution in [3.8, 4) is 17.2 Å². The molecule has 3 aliphatic rings. The molecule has 2 aliphatic carbocycles. The summed E-state index contributed by atoms with van der Waals surface area (Å²) >= 11 is 5.97. The fourth-order valence-corrected chi connectivity index (χ4v) is 8.60. The van der Waals surface area contributed by atoms with Crippen LogP contribution in [0.1, 0.15) is 66.8 Å². The van der Waals surface area contributed by atoms with Gasteiger partial charge in [-0.15, -0.1) is 18.2 Å². The minimum atomic E-state index is -1.49. The van der Waals surface area contributed by atoms with E-state index in [1.54, 1.807) is 41.3 Å². The first-order chi connectivity index (χ1) is 27.4. The summed E-state index contributed by atoms with van der Waals surface area (Å²) in [5, 5.41) is 33.6. The first kappa shape index (κ1) is 43.1. The van der Waals surface area contributed by atoms with Crippen LogP contribution < -0.4 is 9.47 Å². The topological polar surface area (TPSA) is 166 Å². The number of alkyl halides is 1. The highest BCUT2D eigenvalue weighted by Crippen LogP contribution is 2.62. The third-order valence-electron chi connectivity index (χ3n) is 10.7. The van der Waals surface area contributed by atoms with Gasteiger partial charge >= 0.3 is 6.09 Å². The zero-order chi connectivity index (χ0) is 39.9. The summed E-state index contributed by atoms with van der Waals surface area (Å²) in [6, 6.07) is 11.7. The fourth-order valence-electron chi connectivity index (χ4n) is 8.52. The Kier molecular flexibility index (Phi) is 16.6. The van der Waals surface area contributed by atoms with Crippen LogP contribution in [0.3, 0.4) is 0 Å². The van der Waals surface area contributed by atoms with E-state index in [9.17, 15) is 24.9 Å². The molecule has 1 aliphatic heterocycles. The van der Waals surface area contributed by atoms with Crippen LogP contribution in [0.15, 0.2) is 71.9 Å². The second-order valence-corrected chi connectivity index (χ2v) is 14.5. The van der Waals surface area contributed by atoms with E-state index in [0.29, 0.717) is 41.4 Å². The lowest BCUT2D eigenvalue weighted by atomic mass is 9.55. The normalized spacial score (nSPS) is 24.3. The zero-order valence-electron chi connectivity index (χ0n) is 32.1. The van der Waals surface area contributed by atoms with Crippen molar-refractivity contribution in [1.29, 1.82) is 0 Å². The highest BCUT2D eigenvalue weighted by Gasteiger charge is 2.65. The number of aliphatic hydroxyl groups excluding tert-OH is 3. The number of oxime groups is 1. The van der Waals surface area contributed by atoms with Gasteiger partial charge < -0.3 is 43.8 Å². The Morgan fingerprint density at radius 2 is 1.82 bits per heavy atom. The van der Waals surface area contributed by atoms with Crippen molar-refractivity contribution in [1.82, 2.24) is 4.90 Å². The summed E-state index contributed by atoms with van der Waals surface area (Å²) in [4.78, 5) is 32.6. The number of carbonyl (C=O) groups excluding carboxylic acids is 2. The molecule has 13 nitrogen and oxygen atoms in total. The van der Waals surface area contributed by atoms with Gasteiger partial charge in [-0.3, -0.25) is 9.69 Å². The minimum absolute atomic E-state index is 0.00377. The summed E-state index contributed by atoms with van der Waals surface area (Å²) in [7, 11) is 1.49. The second-order valence-electron chi connectivity index (χ2n) is 14.1. The molecule has 1 heterocycles. The first-order valence-electron chi connectivity index (χ1n) is 19.4. The number of ether oxygens (including phenoxy) is 5. The van der Waals surface area contributed by atoms with Gasteiger partial charge in [-0.2, -0.15) is 0 Å². The molecule has 1 amide bonds. The largest absolute Gasteiger partial charge is 0.459 e. The number of benzene rings is 2. The van der Waals surface area contributed by atoms with Crippen molar-refractivity contribution < 1.29 is 53.4 Å². The molecule has 14 heteroatoms. The summed E-state index contributed by atoms with van der Waals surface area (Å²) < 4.78 is 31.7. The quantitative estimate of drug-likeness (QED) is 0.0383.